The fraction of sp³-hybridized carbons (Fsp3) is 0.562. The van der Waals surface area contributed by atoms with Crippen LogP contribution < -0.4 is 5.32 Å². The van der Waals surface area contributed by atoms with E-state index in [1.807, 2.05) is 0 Å². The quantitative estimate of drug-likeness (QED) is 0.891. The van der Waals surface area contributed by atoms with Crippen LogP contribution in [0.15, 0.2) is 24.3 Å². The summed E-state index contributed by atoms with van der Waals surface area (Å²) >= 11 is 0. The number of imidazole rings is 1. The molecule has 0 spiro atoms. The second kappa shape index (κ2) is 4.07. The molecule has 3 nitrogen and oxygen atoms in total. The maximum absolute atomic E-state index is 4.97. The van der Waals surface area contributed by atoms with Crippen molar-refractivity contribution in [2.75, 3.05) is 6.54 Å². The molecule has 2 fully saturated rings. The van der Waals surface area contributed by atoms with Gasteiger partial charge in [-0.15, -0.1) is 0 Å². The SMILES string of the molecule is CC1(c2nc3ccccc3n2C2CC2)CCCCN1. The number of para-hydroxylation sites is 2. The minimum Gasteiger partial charge on any atom is -0.323 e. The van der Waals surface area contributed by atoms with Gasteiger partial charge < -0.3 is 9.88 Å². The Morgan fingerprint density at radius 3 is 2.84 bits per heavy atom. The number of hydrogen-bond donors (Lipinski definition) is 1. The number of rotatable bonds is 2. The molecular formula is C16H21N3. The van der Waals surface area contributed by atoms with E-state index in [9.17, 15) is 0 Å². The number of benzene rings is 1. The molecule has 1 saturated heterocycles. The Hall–Kier alpha value is -1.35. The highest BCUT2D eigenvalue weighted by Gasteiger charge is 2.37. The summed E-state index contributed by atoms with van der Waals surface area (Å²) in [6.07, 6.45) is 6.41. The summed E-state index contributed by atoms with van der Waals surface area (Å²) in [4.78, 5) is 4.97. The van der Waals surface area contributed by atoms with E-state index in [1.54, 1.807) is 0 Å². The Bertz CT molecular complexity index is 603. The van der Waals surface area contributed by atoms with Gasteiger partial charge in [0.25, 0.3) is 0 Å². The zero-order valence-corrected chi connectivity index (χ0v) is 11.5. The predicted molar refractivity (Wildman–Crippen MR) is 77.2 cm³/mol. The first-order valence-electron chi connectivity index (χ1n) is 7.50. The maximum atomic E-state index is 4.97. The van der Waals surface area contributed by atoms with Crippen molar-refractivity contribution in [1.29, 1.82) is 0 Å². The number of nitrogens with one attached hydrogen (secondary N) is 1. The fourth-order valence-electron chi connectivity index (χ4n) is 3.38. The molecule has 4 rings (SSSR count). The zero-order valence-electron chi connectivity index (χ0n) is 11.5. The summed E-state index contributed by atoms with van der Waals surface area (Å²) in [5, 5.41) is 3.71. The van der Waals surface area contributed by atoms with Crippen molar-refractivity contribution in [3.63, 3.8) is 0 Å². The summed E-state index contributed by atoms with van der Waals surface area (Å²) in [7, 11) is 0. The second-order valence-electron chi connectivity index (χ2n) is 6.24. The van der Waals surface area contributed by atoms with Crippen molar-refractivity contribution in [2.45, 2.75) is 50.6 Å². The average Bonchev–Trinajstić information content (AvgIpc) is 3.19. The van der Waals surface area contributed by atoms with Crippen LogP contribution in [-0.4, -0.2) is 16.1 Å². The third-order valence-corrected chi connectivity index (χ3v) is 4.62. The predicted octanol–water partition coefficient (Wildman–Crippen LogP) is 3.36. The van der Waals surface area contributed by atoms with Crippen LogP contribution in [-0.2, 0) is 5.54 Å². The van der Waals surface area contributed by atoms with Gasteiger partial charge in [-0.2, -0.15) is 0 Å². The van der Waals surface area contributed by atoms with Gasteiger partial charge in [-0.05, 0) is 57.7 Å². The topological polar surface area (TPSA) is 29.9 Å². The molecule has 3 heteroatoms. The fourth-order valence-corrected chi connectivity index (χ4v) is 3.38. The van der Waals surface area contributed by atoms with E-state index >= 15 is 0 Å². The molecule has 1 atom stereocenters. The van der Waals surface area contributed by atoms with Crippen LogP contribution in [0.4, 0.5) is 0 Å². The number of hydrogen-bond acceptors (Lipinski definition) is 2. The van der Waals surface area contributed by atoms with Gasteiger partial charge in [0.05, 0.1) is 16.6 Å². The lowest BCUT2D eigenvalue weighted by Gasteiger charge is -2.34. The van der Waals surface area contributed by atoms with Crippen LogP contribution in [0, 0.1) is 0 Å². The molecule has 0 bridgehead atoms. The van der Waals surface area contributed by atoms with E-state index in [0.29, 0.717) is 6.04 Å². The Morgan fingerprint density at radius 2 is 2.11 bits per heavy atom. The van der Waals surface area contributed by atoms with Crippen molar-refractivity contribution in [3.8, 4) is 0 Å². The van der Waals surface area contributed by atoms with E-state index in [2.05, 4.69) is 41.1 Å². The number of piperidine rings is 1. The van der Waals surface area contributed by atoms with Crippen molar-refractivity contribution >= 4 is 11.0 Å². The van der Waals surface area contributed by atoms with Crippen molar-refractivity contribution in [2.24, 2.45) is 0 Å². The lowest BCUT2D eigenvalue weighted by molar-refractivity contribution is 0.261. The Morgan fingerprint density at radius 1 is 1.26 bits per heavy atom. The number of fused-ring (bicyclic) bond motifs is 1. The highest BCUT2D eigenvalue weighted by molar-refractivity contribution is 5.76. The monoisotopic (exact) mass is 255 g/mol. The lowest BCUT2D eigenvalue weighted by atomic mass is 9.90. The Labute approximate surface area is 114 Å². The van der Waals surface area contributed by atoms with Gasteiger partial charge in [0, 0.05) is 6.04 Å². The lowest BCUT2D eigenvalue weighted by Crippen LogP contribution is -2.45. The molecule has 1 aromatic heterocycles. The molecule has 1 N–H and O–H groups in total. The van der Waals surface area contributed by atoms with E-state index in [0.717, 1.165) is 12.1 Å². The third-order valence-electron chi connectivity index (χ3n) is 4.62. The maximum Gasteiger partial charge on any atom is 0.130 e. The van der Waals surface area contributed by atoms with E-state index in [-0.39, 0.29) is 5.54 Å². The molecule has 100 valence electrons. The molecule has 1 aliphatic heterocycles. The summed E-state index contributed by atoms with van der Waals surface area (Å²) < 4.78 is 2.51. The minimum atomic E-state index is 0.0554. The van der Waals surface area contributed by atoms with Crippen LogP contribution in [0.2, 0.25) is 0 Å². The highest BCUT2D eigenvalue weighted by atomic mass is 15.2. The first-order chi connectivity index (χ1) is 9.28. The van der Waals surface area contributed by atoms with E-state index < -0.39 is 0 Å². The largest absolute Gasteiger partial charge is 0.323 e. The Balaban J connectivity index is 1.90. The number of aromatic nitrogens is 2. The van der Waals surface area contributed by atoms with E-state index in [4.69, 9.17) is 4.98 Å². The first kappa shape index (κ1) is 11.5. The summed E-state index contributed by atoms with van der Waals surface area (Å²) in [6.45, 7) is 3.44. The summed E-state index contributed by atoms with van der Waals surface area (Å²) in [5.74, 6) is 1.26. The highest BCUT2D eigenvalue weighted by Crippen LogP contribution is 2.42. The normalized spacial score (nSPS) is 27.8. The van der Waals surface area contributed by atoms with E-state index in [1.165, 1.54) is 43.4 Å². The van der Waals surface area contributed by atoms with Crippen LogP contribution in [0.1, 0.15) is 50.9 Å². The molecule has 2 aromatic rings. The molecule has 1 unspecified atom stereocenters. The van der Waals surface area contributed by atoms with Crippen LogP contribution in [0.5, 0.6) is 0 Å². The van der Waals surface area contributed by atoms with Crippen molar-refractivity contribution in [3.05, 3.63) is 30.1 Å². The van der Waals surface area contributed by atoms with Crippen LogP contribution >= 0.6 is 0 Å². The van der Waals surface area contributed by atoms with Gasteiger partial charge in [-0.3, -0.25) is 0 Å². The molecule has 1 aliphatic carbocycles. The molecule has 0 amide bonds. The molecule has 2 aliphatic rings. The second-order valence-corrected chi connectivity index (χ2v) is 6.24. The average molecular weight is 255 g/mol. The van der Waals surface area contributed by atoms with Gasteiger partial charge in [-0.1, -0.05) is 12.1 Å². The molecule has 1 aromatic carbocycles. The van der Waals surface area contributed by atoms with Gasteiger partial charge >= 0.3 is 0 Å². The molecular weight excluding hydrogens is 234 g/mol. The third kappa shape index (κ3) is 1.79. The molecule has 19 heavy (non-hydrogen) atoms. The molecule has 2 heterocycles. The van der Waals surface area contributed by atoms with Gasteiger partial charge in [0.2, 0.25) is 0 Å². The smallest absolute Gasteiger partial charge is 0.130 e. The minimum absolute atomic E-state index is 0.0554. The summed E-state index contributed by atoms with van der Waals surface area (Å²) in [6, 6.07) is 9.26. The molecule has 1 saturated carbocycles. The van der Waals surface area contributed by atoms with Gasteiger partial charge in [0.1, 0.15) is 5.82 Å². The zero-order chi connectivity index (χ0) is 12.9. The molecule has 0 radical (unpaired) electrons. The Kier molecular flexibility index (Phi) is 2.46. The van der Waals surface area contributed by atoms with Crippen molar-refractivity contribution < 1.29 is 0 Å². The summed E-state index contributed by atoms with van der Waals surface area (Å²) in [5.41, 5.74) is 2.52. The van der Waals surface area contributed by atoms with Crippen LogP contribution in [0.3, 0.4) is 0 Å². The first-order valence-corrected chi connectivity index (χ1v) is 7.50. The van der Waals surface area contributed by atoms with Gasteiger partial charge in [-0.25, -0.2) is 4.98 Å². The standard InChI is InChI=1S/C16H21N3/c1-16(10-4-5-11-17-16)15-18-13-6-2-3-7-14(13)19(15)12-8-9-12/h2-3,6-7,12,17H,4-5,8-11H2,1H3. The van der Waals surface area contributed by atoms with Gasteiger partial charge in [0.15, 0.2) is 0 Å². The van der Waals surface area contributed by atoms with Crippen LogP contribution in [0.25, 0.3) is 11.0 Å². The number of nitrogens with zero attached hydrogens (tertiary/aromatic N) is 2. The van der Waals surface area contributed by atoms with Crippen molar-refractivity contribution in [1.82, 2.24) is 14.9 Å².